The molecule has 0 bridgehead atoms. The predicted molar refractivity (Wildman–Crippen MR) is 113 cm³/mol. The second-order valence-corrected chi connectivity index (χ2v) is 9.12. The van der Waals surface area contributed by atoms with Gasteiger partial charge in [0.1, 0.15) is 5.82 Å². The Bertz CT molecular complexity index is 904. The van der Waals surface area contributed by atoms with Crippen LogP contribution < -0.4 is 0 Å². The highest BCUT2D eigenvalue weighted by atomic mass is 32.2. The quantitative estimate of drug-likeness (QED) is 0.358. The topological polar surface area (TPSA) is 52.7 Å². The lowest BCUT2D eigenvalue weighted by molar-refractivity contribution is 0.102. The zero-order valence-corrected chi connectivity index (χ0v) is 18.0. The molecular formula is C22H30N4OS. The smallest absolute Gasteiger partial charge is 0.191 e. The van der Waals surface area contributed by atoms with E-state index < -0.39 is 0 Å². The van der Waals surface area contributed by atoms with Gasteiger partial charge in [0.05, 0.1) is 5.75 Å². The van der Waals surface area contributed by atoms with Crippen LogP contribution in [0.3, 0.4) is 0 Å². The van der Waals surface area contributed by atoms with E-state index in [-0.39, 0.29) is 5.78 Å². The fourth-order valence-corrected chi connectivity index (χ4v) is 4.97. The summed E-state index contributed by atoms with van der Waals surface area (Å²) >= 11 is 1.50. The van der Waals surface area contributed by atoms with Crippen LogP contribution in [0.25, 0.3) is 0 Å². The van der Waals surface area contributed by atoms with E-state index in [4.69, 9.17) is 0 Å². The molecule has 1 saturated carbocycles. The number of ketones is 1. The molecule has 6 heteroatoms. The Balaban J connectivity index is 1.39. The Hall–Kier alpha value is -1.82. The highest BCUT2D eigenvalue weighted by molar-refractivity contribution is 7.99. The number of thioether (sulfide) groups is 1. The first-order chi connectivity index (χ1) is 13.5. The Morgan fingerprint density at radius 1 is 1.25 bits per heavy atom. The zero-order valence-electron chi connectivity index (χ0n) is 17.2. The number of allylic oxidation sites excluding steroid dienone is 2. The number of hydrogen-bond donors (Lipinski definition) is 0. The zero-order chi connectivity index (χ0) is 19.7. The Kier molecular flexibility index (Phi) is 5.76. The molecule has 0 saturated heterocycles. The first kappa shape index (κ1) is 19.5. The standard InChI is InChI=1S/C22H30N4OS/c1-15-13-19(16(2)26(15)12-11-17-7-5-4-6-8-17)20(27)14-28-22-24-23-21(25(22)3)18-9-10-18/h7,13,18H,4-6,8-12,14H2,1-3H3. The van der Waals surface area contributed by atoms with Crippen molar-refractivity contribution in [3.63, 3.8) is 0 Å². The van der Waals surface area contributed by atoms with Crippen molar-refractivity contribution in [2.75, 3.05) is 5.75 Å². The molecule has 4 rings (SSSR count). The van der Waals surface area contributed by atoms with E-state index in [1.807, 2.05) is 7.05 Å². The second-order valence-electron chi connectivity index (χ2n) is 8.18. The van der Waals surface area contributed by atoms with Crippen LogP contribution in [0, 0.1) is 13.8 Å². The third kappa shape index (κ3) is 4.12. The lowest BCUT2D eigenvalue weighted by Gasteiger charge is -2.15. The first-order valence-corrected chi connectivity index (χ1v) is 11.4. The first-order valence-electron chi connectivity index (χ1n) is 10.4. The molecule has 150 valence electrons. The summed E-state index contributed by atoms with van der Waals surface area (Å²) < 4.78 is 4.36. The summed E-state index contributed by atoms with van der Waals surface area (Å²) in [5.74, 6) is 2.22. The van der Waals surface area contributed by atoms with E-state index in [0.29, 0.717) is 11.7 Å². The summed E-state index contributed by atoms with van der Waals surface area (Å²) in [7, 11) is 2.01. The molecule has 28 heavy (non-hydrogen) atoms. The number of rotatable bonds is 8. The monoisotopic (exact) mass is 398 g/mol. The van der Waals surface area contributed by atoms with Gasteiger partial charge in [-0.05, 0) is 64.9 Å². The molecule has 0 unspecified atom stereocenters. The number of carbonyl (C=O) groups is 1. The SMILES string of the molecule is Cc1cc(C(=O)CSc2nnc(C3CC3)n2C)c(C)n1CCC1=CCCCC1. The van der Waals surface area contributed by atoms with Gasteiger partial charge >= 0.3 is 0 Å². The van der Waals surface area contributed by atoms with Crippen LogP contribution in [0.1, 0.15) is 78.4 Å². The van der Waals surface area contributed by atoms with Crippen LogP contribution in [-0.4, -0.2) is 30.9 Å². The summed E-state index contributed by atoms with van der Waals surface area (Å²) in [6.45, 7) is 5.16. The molecular weight excluding hydrogens is 368 g/mol. The van der Waals surface area contributed by atoms with Gasteiger partial charge in [-0.25, -0.2) is 0 Å². The van der Waals surface area contributed by atoms with Crippen molar-refractivity contribution in [1.29, 1.82) is 0 Å². The highest BCUT2D eigenvalue weighted by Gasteiger charge is 2.29. The summed E-state index contributed by atoms with van der Waals surface area (Å²) in [6, 6.07) is 2.06. The molecule has 0 radical (unpaired) electrons. The van der Waals surface area contributed by atoms with Crippen LogP contribution in [-0.2, 0) is 13.6 Å². The van der Waals surface area contributed by atoms with Crippen LogP contribution in [0.15, 0.2) is 22.9 Å². The molecule has 2 aliphatic carbocycles. The third-order valence-electron chi connectivity index (χ3n) is 6.06. The van der Waals surface area contributed by atoms with Gasteiger partial charge in [0.2, 0.25) is 0 Å². The number of carbonyl (C=O) groups excluding carboxylic acids is 1. The maximum absolute atomic E-state index is 12.9. The minimum absolute atomic E-state index is 0.178. The maximum Gasteiger partial charge on any atom is 0.191 e. The molecule has 0 atom stereocenters. The van der Waals surface area contributed by atoms with E-state index in [9.17, 15) is 4.79 Å². The van der Waals surface area contributed by atoms with Gasteiger partial charge in [-0.3, -0.25) is 4.79 Å². The minimum Gasteiger partial charge on any atom is -0.348 e. The van der Waals surface area contributed by atoms with Gasteiger partial charge in [0, 0.05) is 36.5 Å². The molecule has 2 aromatic heterocycles. The second kappa shape index (κ2) is 8.27. The van der Waals surface area contributed by atoms with Crippen molar-refractivity contribution in [3.05, 3.63) is 40.5 Å². The molecule has 0 spiro atoms. The average Bonchev–Trinajstić information content (AvgIpc) is 3.41. The van der Waals surface area contributed by atoms with Crippen molar-refractivity contribution in [3.8, 4) is 0 Å². The average molecular weight is 399 g/mol. The lowest BCUT2D eigenvalue weighted by atomic mass is 9.97. The number of Topliss-reactive ketones (excluding diaryl/α,β-unsaturated/α-hetero) is 1. The summed E-state index contributed by atoms with van der Waals surface area (Å²) in [5.41, 5.74) is 4.70. The summed E-state index contributed by atoms with van der Waals surface area (Å²) in [4.78, 5) is 12.9. The van der Waals surface area contributed by atoms with Crippen LogP contribution in [0.5, 0.6) is 0 Å². The van der Waals surface area contributed by atoms with Crippen LogP contribution in [0.4, 0.5) is 0 Å². The number of hydrogen-bond acceptors (Lipinski definition) is 4. The third-order valence-corrected chi connectivity index (χ3v) is 7.08. The van der Waals surface area contributed by atoms with Gasteiger partial charge in [-0.1, -0.05) is 23.4 Å². The molecule has 0 amide bonds. The molecule has 2 heterocycles. The van der Waals surface area contributed by atoms with Gasteiger partial charge in [0.25, 0.3) is 0 Å². The van der Waals surface area contributed by atoms with Crippen molar-refractivity contribution < 1.29 is 4.79 Å². The van der Waals surface area contributed by atoms with Crippen molar-refractivity contribution in [2.24, 2.45) is 7.05 Å². The number of aryl methyl sites for hydroxylation is 1. The molecule has 0 aromatic carbocycles. The molecule has 5 nitrogen and oxygen atoms in total. The number of nitrogens with zero attached hydrogens (tertiary/aromatic N) is 4. The van der Waals surface area contributed by atoms with E-state index in [2.05, 4.69) is 45.3 Å². The van der Waals surface area contributed by atoms with E-state index in [1.165, 1.54) is 56.0 Å². The van der Waals surface area contributed by atoms with Crippen molar-refractivity contribution in [2.45, 2.75) is 76.4 Å². The molecule has 2 aliphatic rings. The van der Waals surface area contributed by atoms with E-state index >= 15 is 0 Å². The fourth-order valence-electron chi connectivity index (χ4n) is 4.17. The van der Waals surface area contributed by atoms with Gasteiger partial charge in [-0.2, -0.15) is 0 Å². The maximum atomic E-state index is 12.9. The summed E-state index contributed by atoms with van der Waals surface area (Å²) in [5, 5.41) is 9.43. The molecule has 0 N–H and O–H groups in total. The van der Waals surface area contributed by atoms with Gasteiger partial charge in [-0.15, -0.1) is 10.2 Å². The van der Waals surface area contributed by atoms with Crippen LogP contribution in [0.2, 0.25) is 0 Å². The molecule has 2 aromatic rings. The van der Waals surface area contributed by atoms with Crippen molar-refractivity contribution >= 4 is 17.5 Å². The predicted octanol–water partition coefficient (Wildman–Crippen LogP) is 4.98. The van der Waals surface area contributed by atoms with E-state index in [0.717, 1.165) is 35.2 Å². The Morgan fingerprint density at radius 2 is 2.07 bits per heavy atom. The molecule has 1 fully saturated rings. The number of aromatic nitrogens is 4. The largest absolute Gasteiger partial charge is 0.348 e. The Morgan fingerprint density at radius 3 is 2.79 bits per heavy atom. The summed E-state index contributed by atoms with van der Waals surface area (Å²) in [6.07, 6.45) is 11.0. The lowest BCUT2D eigenvalue weighted by Crippen LogP contribution is -2.08. The van der Waals surface area contributed by atoms with E-state index in [1.54, 1.807) is 5.57 Å². The van der Waals surface area contributed by atoms with Crippen molar-refractivity contribution in [1.82, 2.24) is 19.3 Å². The normalized spacial score (nSPS) is 17.0. The Labute approximate surface area is 171 Å². The molecule has 0 aliphatic heterocycles. The van der Waals surface area contributed by atoms with Gasteiger partial charge in [0.15, 0.2) is 10.9 Å². The highest BCUT2D eigenvalue weighted by Crippen LogP contribution is 2.39. The fraction of sp³-hybridized carbons (Fsp3) is 0.591. The van der Waals surface area contributed by atoms with Crippen LogP contribution >= 0.6 is 11.8 Å². The minimum atomic E-state index is 0.178. The van der Waals surface area contributed by atoms with Gasteiger partial charge < -0.3 is 9.13 Å².